The molecule has 0 aromatic heterocycles. The van der Waals surface area contributed by atoms with Crippen LogP contribution in [-0.2, 0) is 6.42 Å². The standard InChI is InChI=1S/C17H19BrO/c1-2-16(14-6-4-3-5-7-14)17(19)12-13-8-10-15(18)11-9-13/h3-11,16-17,19H,2,12H2,1H3. The lowest BCUT2D eigenvalue weighted by atomic mass is 9.88. The zero-order valence-corrected chi connectivity index (χ0v) is 12.7. The van der Waals surface area contributed by atoms with Gasteiger partial charge in [0.25, 0.3) is 0 Å². The maximum absolute atomic E-state index is 10.5. The summed E-state index contributed by atoms with van der Waals surface area (Å²) in [5.41, 5.74) is 2.39. The van der Waals surface area contributed by atoms with E-state index < -0.39 is 0 Å². The van der Waals surface area contributed by atoms with Gasteiger partial charge >= 0.3 is 0 Å². The second-order valence-corrected chi connectivity index (χ2v) is 5.74. The molecule has 0 spiro atoms. The molecule has 0 heterocycles. The van der Waals surface area contributed by atoms with E-state index in [4.69, 9.17) is 0 Å². The molecule has 0 aliphatic rings. The van der Waals surface area contributed by atoms with Crippen LogP contribution in [0.2, 0.25) is 0 Å². The van der Waals surface area contributed by atoms with Gasteiger partial charge in [0.2, 0.25) is 0 Å². The molecule has 19 heavy (non-hydrogen) atoms. The summed E-state index contributed by atoms with van der Waals surface area (Å²) in [6.07, 6.45) is 1.30. The highest BCUT2D eigenvalue weighted by molar-refractivity contribution is 9.10. The van der Waals surface area contributed by atoms with E-state index in [0.29, 0.717) is 6.42 Å². The summed E-state index contributed by atoms with van der Waals surface area (Å²) in [6.45, 7) is 2.13. The number of aliphatic hydroxyl groups is 1. The molecule has 1 N–H and O–H groups in total. The summed E-state index contributed by atoms with van der Waals surface area (Å²) in [5.74, 6) is 0.199. The summed E-state index contributed by atoms with van der Waals surface area (Å²) < 4.78 is 1.07. The van der Waals surface area contributed by atoms with Crippen LogP contribution in [0.5, 0.6) is 0 Å². The lowest BCUT2D eigenvalue weighted by molar-refractivity contribution is 0.141. The van der Waals surface area contributed by atoms with Crippen molar-refractivity contribution in [2.24, 2.45) is 0 Å². The Morgan fingerprint density at radius 1 is 1.00 bits per heavy atom. The molecule has 0 radical (unpaired) electrons. The third-order valence-corrected chi connectivity index (χ3v) is 4.02. The Hall–Kier alpha value is -1.12. The van der Waals surface area contributed by atoms with Crippen molar-refractivity contribution in [3.8, 4) is 0 Å². The molecule has 2 unspecified atom stereocenters. The Balaban J connectivity index is 2.09. The van der Waals surface area contributed by atoms with Crippen LogP contribution in [0.15, 0.2) is 59.1 Å². The summed E-state index contributed by atoms with van der Waals surface area (Å²) in [6, 6.07) is 18.4. The van der Waals surface area contributed by atoms with Crippen LogP contribution in [0, 0.1) is 0 Å². The molecular formula is C17H19BrO. The quantitative estimate of drug-likeness (QED) is 0.857. The van der Waals surface area contributed by atoms with Crippen molar-refractivity contribution in [1.29, 1.82) is 0 Å². The minimum Gasteiger partial charge on any atom is -0.392 e. The third kappa shape index (κ3) is 3.92. The first kappa shape index (κ1) is 14.3. The molecule has 0 fully saturated rings. The van der Waals surface area contributed by atoms with Gasteiger partial charge in [0, 0.05) is 10.4 Å². The molecular weight excluding hydrogens is 300 g/mol. The lowest BCUT2D eigenvalue weighted by Crippen LogP contribution is -2.20. The lowest BCUT2D eigenvalue weighted by Gasteiger charge is -2.22. The molecule has 2 aromatic carbocycles. The first-order valence-electron chi connectivity index (χ1n) is 6.68. The van der Waals surface area contributed by atoms with Gasteiger partial charge in [-0.25, -0.2) is 0 Å². The van der Waals surface area contributed by atoms with Gasteiger partial charge in [-0.15, -0.1) is 0 Å². The first-order chi connectivity index (χ1) is 9.20. The van der Waals surface area contributed by atoms with Gasteiger partial charge in [-0.1, -0.05) is 65.3 Å². The van der Waals surface area contributed by atoms with E-state index in [1.165, 1.54) is 11.1 Å². The second kappa shape index (κ2) is 6.88. The minimum absolute atomic E-state index is 0.199. The molecule has 0 aliphatic heterocycles. The van der Waals surface area contributed by atoms with Gasteiger partial charge in [0.1, 0.15) is 0 Å². The zero-order valence-electron chi connectivity index (χ0n) is 11.1. The Labute approximate surface area is 123 Å². The van der Waals surface area contributed by atoms with Crippen LogP contribution >= 0.6 is 15.9 Å². The fraction of sp³-hybridized carbons (Fsp3) is 0.294. The van der Waals surface area contributed by atoms with Crippen molar-refractivity contribution in [3.05, 3.63) is 70.2 Å². The highest BCUT2D eigenvalue weighted by Gasteiger charge is 2.19. The average molecular weight is 319 g/mol. The van der Waals surface area contributed by atoms with Crippen molar-refractivity contribution < 1.29 is 5.11 Å². The van der Waals surface area contributed by atoms with Crippen LogP contribution in [0.3, 0.4) is 0 Å². The Morgan fingerprint density at radius 2 is 1.63 bits per heavy atom. The molecule has 0 aliphatic carbocycles. The molecule has 0 bridgehead atoms. The Kier molecular flexibility index (Phi) is 5.17. The second-order valence-electron chi connectivity index (χ2n) is 4.82. The zero-order chi connectivity index (χ0) is 13.7. The van der Waals surface area contributed by atoms with E-state index in [-0.39, 0.29) is 12.0 Å². The molecule has 1 nitrogen and oxygen atoms in total. The molecule has 0 saturated carbocycles. The van der Waals surface area contributed by atoms with E-state index in [2.05, 4.69) is 47.1 Å². The third-order valence-electron chi connectivity index (χ3n) is 3.49. The summed E-state index contributed by atoms with van der Waals surface area (Å²) in [7, 11) is 0. The van der Waals surface area contributed by atoms with Crippen molar-refractivity contribution in [2.75, 3.05) is 0 Å². The number of aliphatic hydroxyl groups excluding tert-OH is 1. The van der Waals surface area contributed by atoms with Crippen LogP contribution in [-0.4, -0.2) is 11.2 Å². The topological polar surface area (TPSA) is 20.2 Å². The van der Waals surface area contributed by atoms with Crippen molar-refractivity contribution in [2.45, 2.75) is 31.8 Å². The van der Waals surface area contributed by atoms with E-state index in [1.807, 2.05) is 30.3 Å². The number of halogens is 1. The smallest absolute Gasteiger partial charge is 0.0648 e. The molecule has 0 saturated heterocycles. The SMILES string of the molecule is CCC(c1ccccc1)C(O)Cc1ccc(Br)cc1. The highest BCUT2D eigenvalue weighted by atomic mass is 79.9. The van der Waals surface area contributed by atoms with Crippen LogP contribution < -0.4 is 0 Å². The monoisotopic (exact) mass is 318 g/mol. The van der Waals surface area contributed by atoms with Crippen LogP contribution in [0.25, 0.3) is 0 Å². The van der Waals surface area contributed by atoms with E-state index in [9.17, 15) is 5.11 Å². The number of rotatable bonds is 5. The largest absolute Gasteiger partial charge is 0.392 e. The van der Waals surface area contributed by atoms with E-state index in [0.717, 1.165) is 10.9 Å². The van der Waals surface area contributed by atoms with Gasteiger partial charge in [0.15, 0.2) is 0 Å². The van der Waals surface area contributed by atoms with Gasteiger partial charge in [0.05, 0.1) is 6.10 Å². The minimum atomic E-state index is -0.339. The van der Waals surface area contributed by atoms with Crippen molar-refractivity contribution in [3.63, 3.8) is 0 Å². The number of hydrogen-bond donors (Lipinski definition) is 1. The van der Waals surface area contributed by atoms with Gasteiger partial charge < -0.3 is 5.11 Å². The predicted octanol–water partition coefficient (Wildman–Crippen LogP) is 4.55. The fourth-order valence-electron chi connectivity index (χ4n) is 2.43. The van der Waals surface area contributed by atoms with Crippen LogP contribution in [0.1, 0.15) is 30.4 Å². The van der Waals surface area contributed by atoms with Crippen LogP contribution in [0.4, 0.5) is 0 Å². The van der Waals surface area contributed by atoms with E-state index in [1.54, 1.807) is 0 Å². The Morgan fingerprint density at radius 3 is 2.21 bits per heavy atom. The summed E-state index contributed by atoms with van der Waals surface area (Å²) in [4.78, 5) is 0. The highest BCUT2D eigenvalue weighted by Crippen LogP contribution is 2.25. The summed E-state index contributed by atoms with van der Waals surface area (Å²) >= 11 is 3.43. The molecule has 2 heteroatoms. The molecule has 100 valence electrons. The normalized spacial score (nSPS) is 14.1. The molecule has 0 amide bonds. The van der Waals surface area contributed by atoms with Gasteiger partial charge in [-0.05, 0) is 36.1 Å². The first-order valence-corrected chi connectivity index (χ1v) is 7.47. The van der Waals surface area contributed by atoms with E-state index >= 15 is 0 Å². The predicted molar refractivity (Wildman–Crippen MR) is 83.3 cm³/mol. The maximum atomic E-state index is 10.5. The number of benzene rings is 2. The molecule has 2 rings (SSSR count). The fourth-order valence-corrected chi connectivity index (χ4v) is 2.70. The van der Waals surface area contributed by atoms with Crippen molar-refractivity contribution >= 4 is 15.9 Å². The van der Waals surface area contributed by atoms with Crippen molar-refractivity contribution in [1.82, 2.24) is 0 Å². The average Bonchev–Trinajstić information content (AvgIpc) is 2.43. The molecule has 2 atom stereocenters. The van der Waals surface area contributed by atoms with Gasteiger partial charge in [-0.3, -0.25) is 0 Å². The maximum Gasteiger partial charge on any atom is 0.0648 e. The number of hydrogen-bond acceptors (Lipinski definition) is 1. The van der Waals surface area contributed by atoms with Gasteiger partial charge in [-0.2, -0.15) is 0 Å². The Bertz CT molecular complexity index is 492. The molecule has 2 aromatic rings. The summed E-state index contributed by atoms with van der Waals surface area (Å²) in [5, 5.41) is 10.5.